The fourth-order valence-electron chi connectivity index (χ4n) is 1.85. The lowest BCUT2D eigenvalue weighted by Crippen LogP contribution is -2.48. The molecule has 1 saturated carbocycles. The van der Waals surface area contributed by atoms with Gasteiger partial charge in [0.05, 0.1) is 11.0 Å². The Hall–Kier alpha value is -2.15. The quantitative estimate of drug-likeness (QED) is 0.600. The van der Waals surface area contributed by atoms with Gasteiger partial charge in [-0.05, 0) is 18.9 Å². The van der Waals surface area contributed by atoms with E-state index in [1.54, 1.807) is 6.07 Å². The van der Waals surface area contributed by atoms with E-state index in [1.807, 2.05) is 0 Å². The van der Waals surface area contributed by atoms with E-state index in [0.717, 1.165) is 0 Å². The van der Waals surface area contributed by atoms with Gasteiger partial charge in [0.15, 0.2) is 12.4 Å². The molecule has 0 bridgehead atoms. The lowest BCUT2D eigenvalue weighted by atomic mass is 9.89. The number of rotatable bonds is 5. The van der Waals surface area contributed by atoms with Crippen LogP contribution in [-0.4, -0.2) is 34.7 Å². The largest absolute Gasteiger partial charge is 0.477 e. The number of hydrogen-bond acceptors (Lipinski definition) is 5. The van der Waals surface area contributed by atoms with E-state index >= 15 is 0 Å². The number of benzene rings is 1. The standard InChI is InChI=1S/C12H14N2O5/c15-9-5-8(6-9)13-12(16)7-19-11-4-2-1-3-10(11)14(17)18/h1-4,8-9,15H,5-7H2,(H,13,16). The molecule has 1 aliphatic rings. The van der Waals surface area contributed by atoms with Gasteiger partial charge in [-0.15, -0.1) is 0 Å². The summed E-state index contributed by atoms with van der Waals surface area (Å²) >= 11 is 0. The summed E-state index contributed by atoms with van der Waals surface area (Å²) in [7, 11) is 0. The summed E-state index contributed by atoms with van der Waals surface area (Å²) < 4.78 is 5.14. The topological polar surface area (TPSA) is 102 Å². The molecule has 1 aromatic carbocycles. The van der Waals surface area contributed by atoms with Crippen LogP contribution in [0.3, 0.4) is 0 Å². The maximum Gasteiger partial charge on any atom is 0.310 e. The minimum Gasteiger partial charge on any atom is -0.477 e. The zero-order chi connectivity index (χ0) is 13.8. The van der Waals surface area contributed by atoms with Crippen molar-refractivity contribution in [1.82, 2.24) is 5.32 Å². The van der Waals surface area contributed by atoms with Crippen LogP contribution in [0.15, 0.2) is 24.3 Å². The van der Waals surface area contributed by atoms with Crippen molar-refractivity contribution in [2.45, 2.75) is 25.0 Å². The van der Waals surface area contributed by atoms with Gasteiger partial charge in [0.25, 0.3) is 5.91 Å². The molecule has 2 N–H and O–H groups in total. The second-order valence-electron chi connectivity index (χ2n) is 4.40. The summed E-state index contributed by atoms with van der Waals surface area (Å²) in [5.74, 6) is -0.286. The van der Waals surface area contributed by atoms with E-state index < -0.39 is 4.92 Å². The Morgan fingerprint density at radius 1 is 1.47 bits per heavy atom. The first kappa shape index (κ1) is 13.3. The molecule has 0 aliphatic heterocycles. The summed E-state index contributed by atoms with van der Waals surface area (Å²) in [6, 6.07) is 5.86. The van der Waals surface area contributed by atoms with Crippen LogP contribution < -0.4 is 10.1 Å². The highest BCUT2D eigenvalue weighted by Crippen LogP contribution is 2.25. The average molecular weight is 266 g/mol. The van der Waals surface area contributed by atoms with Crippen LogP contribution >= 0.6 is 0 Å². The summed E-state index contributed by atoms with van der Waals surface area (Å²) in [6.45, 7) is -0.280. The van der Waals surface area contributed by atoms with Crippen molar-refractivity contribution in [2.24, 2.45) is 0 Å². The lowest BCUT2D eigenvalue weighted by Gasteiger charge is -2.31. The molecule has 102 valence electrons. The molecular formula is C12H14N2O5. The maximum atomic E-state index is 11.5. The fourth-order valence-corrected chi connectivity index (χ4v) is 1.85. The Bertz CT molecular complexity index is 485. The average Bonchev–Trinajstić information content (AvgIpc) is 2.34. The first-order valence-electron chi connectivity index (χ1n) is 5.90. The van der Waals surface area contributed by atoms with Gasteiger partial charge in [0, 0.05) is 12.1 Å². The molecule has 19 heavy (non-hydrogen) atoms. The molecule has 1 aromatic rings. The highest BCUT2D eigenvalue weighted by atomic mass is 16.6. The normalized spacial score (nSPS) is 21.3. The third kappa shape index (κ3) is 3.41. The zero-order valence-electron chi connectivity index (χ0n) is 10.1. The van der Waals surface area contributed by atoms with E-state index in [4.69, 9.17) is 9.84 Å². The first-order chi connectivity index (χ1) is 9.06. The highest BCUT2D eigenvalue weighted by Gasteiger charge is 2.28. The minimum atomic E-state index is -0.560. The number of nitrogens with zero attached hydrogens (tertiary/aromatic N) is 1. The van der Waals surface area contributed by atoms with Gasteiger partial charge in [-0.2, -0.15) is 0 Å². The van der Waals surface area contributed by atoms with Gasteiger partial charge >= 0.3 is 5.69 Å². The third-order valence-corrected chi connectivity index (χ3v) is 2.90. The van der Waals surface area contributed by atoms with Gasteiger partial charge in [-0.3, -0.25) is 14.9 Å². The molecule has 1 amide bonds. The van der Waals surface area contributed by atoms with Crippen LogP contribution in [0.5, 0.6) is 5.75 Å². The van der Waals surface area contributed by atoms with E-state index in [0.29, 0.717) is 12.8 Å². The van der Waals surface area contributed by atoms with Crippen molar-refractivity contribution in [2.75, 3.05) is 6.61 Å². The van der Waals surface area contributed by atoms with Crippen LogP contribution in [0, 0.1) is 10.1 Å². The van der Waals surface area contributed by atoms with E-state index in [2.05, 4.69) is 5.32 Å². The van der Waals surface area contributed by atoms with Crippen LogP contribution in [0.4, 0.5) is 5.69 Å². The predicted molar refractivity (Wildman–Crippen MR) is 65.8 cm³/mol. The SMILES string of the molecule is O=C(COc1ccccc1[N+](=O)[O-])NC1CC(O)C1. The summed E-state index contributed by atoms with van der Waals surface area (Å²) in [6.07, 6.45) is 0.732. The number of carbonyl (C=O) groups is 1. The number of ether oxygens (including phenoxy) is 1. The number of nitro benzene ring substituents is 1. The van der Waals surface area contributed by atoms with Gasteiger partial charge in [0.1, 0.15) is 0 Å². The number of aliphatic hydroxyl groups excluding tert-OH is 1. The molecular weight excluding hydrogens is 252 g/mol. The van der Waals surface area contributed by atoms with Crippen molar-refractivity contribution in [3.8, 4) is 5.75 Å². The molecule has 0 unspecified atom stereocenters. The first-order valence-corrected chi connectivity index (χ1v) is 5.90. The van der Waals surface area contributed by atoms with Gasteiger partial charge in [-0.25, -0.2) is 0 Å². The molecule has 7 heteroatoms. The number of amides is 1. The van der Waals surface area contributed by atoms with Gasteiger partial charge in [0.2, 0.25) is 0 Å². The summed E-state index contributed by atoms with van der Waals surface area (Å²) in [5, 5.41) is 22.5. The molecule has 7 nitrogen and oxygen atoms in total. The fraction of sp³-hybridized carbons (Fsp3) is 0.417. The number of aliphatic hydroxyl groups is 1. The molecule has 0 radical (unpaired) electrons. The molecule has 0 aromatic heterocycles. The van der Waals surface area contributed by atoms with Crippen molar-refractivity contribution in [3.63, 3.8) is 0 Å². The Kier molecular flexibility index (Phi) is 3.96. The van der Waals surface area contributed by atoms with Crippen molar-refractivity contribution >= 4 is 11.6 Å². The summed E-state index contributed by atoms with van der Waals surface area (Å²) in [5.41, 5.74) is -0.172. The van der Waals surface area contributed by atoms with E-state index in [9.17, 15) is 14.9 Å². The number of nitrogens with one attached hydrogen (secondary N) is 1. The number of para-hydroxylation sites is 2. The second-order valence-corrected chi connectivity index (χ2v) is 4.40. The van der Waals surface area contributed by atoms with Gasteiger partial charge < -0.3 is 15.2 Å². The molecule has 0 saturated heterocycles. The monoisotopic (exact) mass is 266 g/mol. The Morgan fingerprint density at radius 2 is 2.16 bits per heavy atom. The zero-order valence-corrected chi connectivity index (χ0v) is 10.1. The highest BCUT2D eigenvalue weighted by molar-refractivity contribution is 5.78. The van der Waals surface area contributed by atoms with E-state index in [1.165, 1.54) is 18.2 Å². The third-order valence-electron chi connectivity index (χ3n) is 2.90. The number of carbonyl (C=O) groups excluding carboxylic acids is 1. The Labute approximate surface area is 109 Å². The van der Waals surface area contributed by atoms with Crippen LogP contribution in [0.25, 0.3) is 0 Å². The van der Waals surface area contributed by atoms with Crippen molar-refractivity contribution in [3.05, 3.63) is 34.4 Å². The summed E-state index contributed by atoms with van der Waals surface area (Å²) in [4.78, 5) is 21.7. The lowest BCUT2D eigenvalue weighted by molar-refractivity contribution is -0.385. The smallest absolute Gasteiger partial charge is 0.310 e. The molecule has 1 fully saturated rings. The van der Waals surface area contributed by atoms with Crippen molar-refractivity contribution in [1.29, 1.82) is 0 Å². The molecule has 2 rings (SSSR count). The van der Waals surface area contributed by atoms with Crippen LogP contribution in [-0.2, 0) is 4.79 Å². The minimum absolute atomic E-state index is 0.0307. The Balaban J connectivity index is 1.85. The molecule has 0 heterocycles. The molecule has 0 spiro atoms. The van der Waals surface area contributed by atoms with Crippen LogP contribution in [0.1, 0.15) is 12.8 Å². The predicted octanol–water partition coefficient (Wildman–Crippen LogP) is 0.613. The second kappa shape index (κ2) is 5.66. The maximum absolute atomic E-state index is 11.5. The van der Waals surface area contributed by atoms with Crippen molar-refractivity contribution < 1.29 is 19.6 Å². The Morgan fingerprint density at radius 3 is 2.79 bits per heavy atom. The number of hydrogen-bond donors (Lipinski definition) is 2. The number of nitro groups is 1. The van der Waals surface area contributed by atoms with Crippen LogP contribution in [0.2, 0.25) is 0 Å². The van der Waals surface area contributed by atoms with E-state index in [-0.39, 0.29) is 36.1 Å². The molecule has 0 atom stereocenters. The van der Waals surface area contributed by atoms with Gasteiger partial charge in [-0.1, -0.05) is 12.1 Å². The molecule has 1 aliphatic carbocycles.